The Hall–Kier alpha value is -2.45. The van der Waals surface area contributed by atoms with Gasteiger partial charge in [0.25, 0.3) is 0 Å². The molecule has 0 amide bonds. The minimum atomic E-state index is -1.90. The molecule has 1 aliphatic rings. The molecule has 1 aromatic carbocycles. The molecule has 0 radical (unpaired) electrons. The summed E-state index contributed by atoms with van der Waals surface area (Å²) < 4.78 is 9.78. The number of ketones is 1. The van der Waals surface area contributed by atoms with E-state index in [0.717, 1.165) is 31.6 Å². The van der Waals surface area contributed by atoms with E-state index >= 15 is 0 Å². The summed E-state index contributed by atoms with van der Waals surface area (Å²) in [5.74, 6) is -2.70. The number of aliphatic hydroxyl groups excluding tert-OH is 2. The lowest BCUT2D eigenvalue weighted by Gasteiger charge is -2.25. The number of unbranched alkanes of at least 4 members (excludes halogenated alkanes) is 10. The molecule has 2 N–H and O–H groups in total. The highest BCUT2D eigenvalue weighted by Gasteiger charge is 2.46. The molecule has 1 aromatic rings. The molecule has 0 aromatic heterocycles. The van der Waals surface area contributed by atoms with Crippen LogP contribution in [-0.2, 0) is 19.1 Å². The molecule has 37 heavy (non-hydrogen) atoms. The lowest BCUT2D eigenvalue weighted by atomic mass is 10.1. The van der Waals surface area contributed by atoms with Crippen molar-refractivity contribution in [1.82, 2.24) is 0 Å². The van der Waals surface area contributed by atoms with Crippen LogP contribution in [0.4, 0.5) is 5.69 Å². The molecule has 0 spiro atoms. The second-order valence-corrected chi connectivity index (χ2v) is 9.90. The Bertz CT molecular complexity index is 810. The molecule has 8 nitrogen and oxygen atoms in total. The highest BCUT2D eigenvalue weighted by Crippen LogP contribution is 2.20. The minimum Gasteiger partial charge on any atom is -0.459 e. The van der Waals surface area contributed by atoms with Crippen molar-refractivity contribution in [1.29, 1.82) is 0 Å². The number of carbonyl (C=O) groups excluding carboxylic acids is 3. The zero-order valence-electron chi connectivity index (χ0n) is 22.5. The Labute approximate surface area is 221 Å². The molecule has 0 bridgehead atoms. The molecule has 208 valence electrons. The van der Waals surface area contributed by atoms with Crippen LogP contribution in [0.2, 0.25) is 0 Å². The number of hydrogen-bond acceptors (Lipinski definition) is 8. The van der Waals surface area contributed by atoms with Crippen LogP contribution in [0, 0.1) is 0 Å². The third kappa shape index (κ3) is 10.4. The van der Waals surface area contributed by atoms with Crippen molar-refractivity contribution in [2.45, 2.75) is 109 Å². The highest BCUT2D eigenvalue weighted by molar-refractivity contribution is 6.09. The lowest BCUT2D eigenvalue weighted by molar-refractivity contribution is -0.151. The van der Waals surface area contributed by atoms with Gasteiger partial charge in [-0.2, -0.15) is 0 Å². The number of nitrogens with zero attached hydrogens (tertiary/aromatic N) is 1. The molecule has 8 heteroatoms. The van der Waals surface area contributed by atoms with E-state index in [-0.39, 0.29) is 0 Å². The molecule has 3 atom stereocenters. The molecule has 2 rings (SSSR count). The van der Waals surface area contributed by atoms with Crippen LogP contribution in [0.25, 0.3) is 0 Å². The van der Waals surface area contributed by atoms with Gasteiger partial charge in [0, 0.05) is 18.8 Å². The summed E-state index contributed by atoms with van der Waals surface area (Å²) in [6.07, 6.45) is 9.91. The average molecular weight is 520 g/mol. The number of anilines is 1. The second kappa shape index (κ2) is 17.1. The Balaban J connectivity index is 1.88. The Morgan fingerprint density at radius 3 is 1.89 bits per heavy atom. The van der Waals surface area contributed by atoms with E-state index in [9.17, 15) is 24.6 Å². The van der Waals surface area contributed by atoms with E-state index in [1.807, 2.05) is 12.1 Å². The monoisotopic (exact) mass is 519 g/mol. The SMILES string of the molecule is CCCCCCCCN(CCCCCCCC)c1ccc(C(=O)OCC(O)C2OC(=O)C(O)C2=O)cc1. The Kier molecular flexibility index (Phi) is 14.2. The molecule has 1 fully saturated rings. The molecule has 1 aliphatic heterocycles. The predicted molar refractivity (Wildman–Crippen MR) is 143 cm³/mol. The van der Waals surface area contributed by atoms with Gasteiger partial charge in [0.1, 0.15) is 12.7 Å². The van der Waals surface area contributed by atoms with Gasteiger partial charge in [-0.05, 0) is 37.1 Å². The quantitative estimate of drug-likeness (QED) is 0.155. The third-order valence-electron chi connectivity index (χ3n) is 6.78. The first-order chi connectivity index (χ1) is 17.9. The van der Waals surface area contributed by atoms with Crippen molar-refractivity contribution >= 4 is 23.4 Å². The molecule has 1 heterocycles. The first-order valence-corrected chi connectivity index (χ1v) is 14.0. The van der Waals surface area contributed by atoms with Gasteiger partial charge in [-0.1, -0.05) is 78.1 Å². The number of ether oxygens (including phenoxy) is 2. The summed E-state index contributed by atoms with van der Waals surface area (Å²) in [5.41, 5.74) is 1.39. The van der Waals surface area contributed by atoms with E-state index in [0.29, 0.717) is 5.56 Å². The molecular formula is C29H45NO7. The fourth-order valence-corrected chi connectivity index (χ4v) is 4.46. The van der Waals surface area contributed by atoms with Crippen LogP contribution in [0.3, 0.4) is 0 Å². The zero-order chi connectivity index (χ0) is 27.0. The maximum absolute atomic E-state index is 12.5. The summed E-state index contributed by atoms with van der Waals surface area (Å²) in [4.78, 5) is 37.9. The van der Waals surface area contributed by atoms with Gasteiger partial charge in [0.2, 0.25) is 11.9 Å². The van der Waals surface area contributed by atoms with Crippen molar-refractivity contribution in [3.63, 3.8) is 0 Å². The lowest BCUT2D eigenvalue weighted by Crippen LogP contribution is -2.38. The van der Waals surface area contributed by atoms with Gasteiger partial charge in [-0.15, -0.1) is 0 Å². The van der Waals surface area contributed by atoms with Crippen LogP contribution in [0.1, 0.15) is 101 Å². The standard InChI is InChI=1S/C29H45NO7/c1-3-5-7-9-11-13-19-30(20-14-12-10-8-6-4-2)23-17-15-22(16-18-23)28(34)36-21-24(31)27-25(32)26(33)29(35)37-27/h15-18,24,26-27,31,33H,3-14,19-21H2,1-2H3. The Morgan fingerprint density at radius 1 is 0.892 bits per heavy atom. The van der Waals surface area contributed by atoms with Crippen molar-refractivity contribution in [2.24, 2.45) is 0 Å². The topological polar surface area (TPSA) is 113 Å². The number of Topliss-reactive ketones (excluding diaryl/α,β-unsaturated/α-hetero) is 1. The number of carbonyl (C=O) groups is 3. The maximum atomic E-state index is 12.5. The number of rotatable bonds is 19. The maximum Gasteiger partial charge on any atom is 0.343 e. The normalized spacial score (nSPS) is 18.1. The third-order valence-corrected chi connectivity index (χ3v) is 6.78. The van der Waals surface area contributed by atoms with Crippen molar-refractivity contribution in [2.75, 3.05) is 24.6 Å². The van der Waals surface area contributed by atoms with Gasteiger partial charge in [0.15, 0.2) is 6.10 Å². The van der Waals surface area contributed by atoms with Crippen LogP contribution in [0.15, 0.2) is 24.3 Å². The summed E-state index contributed by atoms with van der Waals surface area (Å²) >= 11 is 0. The Morgan fingerprint density at radius 2 is 1.41 bits per heavy atom. The summed E-state index contributed by atoms with van der Waals surface area (Å²) in [6, 6.07) is 7.23. The number of esters is 2. The molecule has 3 unspecified atom stereocenters. The molecular weight excluding hydrogens is 474 g/mol. The number of benzene rings is 1. The van der Waals surface area contributed by atoms with Gasteiger partial charge in [-0.3, -0.25) is 4.79 Å². The van der Waals surface area contributed by atoms with Crippen LogP contribution < -0.4 is 4.90 Å². The van der Waals surface area contributed by atoms with Gasteiger partial charge in [-0.25, -0.2) is 9.59 Å². The average Bonchev–Trinajstić information content (AvgIpc) is 3.17. The van der Waals surface area contributed by atoms with Crippen molar-refractivity contribution in [3.8, 4) is 0 Å². The first-order valence-electron chi connectivity index (χ1n) is 14.0. The molecule has 0 aliphatic carbocycles. The van der Waals surface area contributed by atoms with Crippen molar-refractivity contribution < 1.29 is 34.1 Å². The van der Waals surface area contributed by atoms with E-state index in [1.165, 1.54) is 64.2 Å². The predicted octanol–water partition coefficient (Wildman–Crippen LogP) is 4.59. The number of cyclic esters (lactones) is 1. The fourth-order valence-electron chi connectivity index (χ4n) is 4.46. The van der Waals surface area contributed by atoms with E-state index in [1.54, 1.807) is 12.1 Å². The summed E-state index contributed by atoms with van der Waals surface area (Å²) in [6.45, 7) is 5.89. The van der Waals surface area contributed by atoms with Crippen LogP contribution >= 0.6 is 0 Å². The van der Waals surface area contributed by atoms with Gasteiger partial charge in [0.05, 0.1) is 5.56 Å². The van der Waals surface area contributed by atoms with E-state index < -0.39 is 42.6 Å². The van der Waals surface area contributed by atoms with E-state index in [4.69, 9.17) is 4.74 Å². The second-order valence-electron chi connectivity index (χ2n) is 9.90. The van der Waals surface area contributed by atoms with Gasteiger partial charge >= 0.3 is 11.9 Å². The number of aliphatic hydroxyl groups is 2. The summed E-state index contributed by atoms with van der Waals surface area (Å²) in [7, 11) is 0. The highest BCUT2D eigenvalue weighted by atomic mass is 16.6. The van der Waals surface area contributed by atoms with E-state index in [2.05, 4.69) is 23.5 Å². The van der Waals surface area contributed by atoms with Crippen LogP contribution in [0.5, 0.6) is 0 Å². The van der Waals surface area contributed by atoms with Crippen LogP contribution in [-0.4, -0.2) is 65.9 Å². The molecule has 0 saturated carbocycles. The first kappa shape index (κ1) is 30.8. The zero-order valence-corrected chi connectivity index (χ0v) is 22.5. The minimum absolute atomic E-state index is 0.324. The van der Waals surface area contributed by atoms with Crippen molar-refractivity contribution in [3.05, 3.63) is 29.8 Å². The summed E-state index contributed by atoms with van der Waals surface area (Å²) in [5, 5.41) is 19.4. The van der Waals surface area contributed by atoms with Gasteiger partial charge < -0.3 is 24.6 Å². The fraction of sp³-hybridized carbons (Fsp3) is 0.690. The largest absolute Gasteiger partial charge is 0.459 e. The molecule has 1 saturated heterocycles. The smallest absolute Gasteiger partial charge is 0.343 e. The number of hydrogen-bond donors (Lipinski definition) is 2.